The van der Waals surface area contributed by atoms with Crippen LogP contribution in [0.4, 0.5) is 0 Å². The number of aromatic nitrogens is 4. The van der Waals surface area contributed by atoms with Crippen LogP contribution in [-0.2, 0) is 33.1 Å². The Morgan fingerprint density at radius 2 is 2.00 bits per heavy atom. The standard InChI is InChI=1S/C25H22ClN5O2S/c1-29-20-12-16(25(32)33)5-7-18(20)27-22(29)13-30-9-10-31-19-4-2-3-15(24(19)28-23(31)14-30)11-17-6-8-21(26)34-17/h2-8,12H,9-11,13-14H2,1H3,(H,32,33). The molecule has 9 heteroatoms. The number of fused-ring (bicyclic) bond motifs is 4. The maximum absolute atomic E-state index is 11.3. The van der Waals surface area contributed by atoms with Crippen LogP contribution in [0.2, 0.25) is 4.34 Å². The van der Waals surface area contributed by atoms with Crippen molar-refractivity contribution in [3.8, 4) is 0 Å². The molecule has 0 saturated carbocycles. The Morgan fingerprint density at radius 3 is 2.79 bits per heavy atom. The lowest BCUT2D eigenvalue weighted by Gasteiger charge is -2.27. The number of rotatable bonds is 5. The number of carbonyl (C=O) groups is 1. The number of hydrogen-bond acceptors (Lipinski definition) is 5. The molecule has 7 nitrogen and oxygen atoms in total. The maximum Gasteiger partial charge on any atom is 0.335 e. The molecule has 1 aliphatic rings. The van der Waals surface area contributed by atoms with E-state index >= 15 is 0 Å². The Labute approximate surface area is 204 Å². The summed E-state index contributed by atoms with van der Waals surface area (Å²) in [6, 6.07) is 15.5. The van der Waals surface area contributed by atoms with Gasteiger partial charge in [0.25, 0.3) is 0 Å². The zero-order valence-corrected chi connectivity index (χ0v) is 20.1. The van der Waals surface area contributed by atoms with E-state index in [9.17, 15) is 9.90 Å². The van der Waals surface area contributed by atoms with Crippen molar-refractivity contribution in [1.82, 2.24) is 24.0 Å². The number of para-hydroxylation sites is 1. The van der Waals surface area contributed by atoms with Gasteiger partial charge in [-0.2, -0.15) is 0 Å². The fraction of sp³-hybridized carbons (Fsp3) is 0.240. The lowest BCUT2D eigenvalue weighted by molar-refractivity contribution is 0.0697. The van der Waals surface area contributed by atoms with Gasteiger partial charge in [0.05, 0.1) is 45.1 Å². The summed E-state index contributed by atoms with van der Waals surface area (Å²) in [4.78, 5) is 24.7. The average molecular weight is 492 g/mol. The highest BCUT2D eigenvalue weighted by atomic mass is 35.5. The van der Waals surface area contributed by atoms with E-state index in [0.717, 1.165) is 58.6 Å². The maximum atomic E-state index is 11.3. The van der Waals surface area contributed by atoms with Crippen molar-refractivity contribution in [3.05, 3.63) is 80.5 Å². The number of benzene rings is 2. The number of nitrogens with zero attached hydrogens (tertiary/aromatic N) is 5. The van der Waals surface area contributed by atoms with Crippen molar-refractivity contribution in [1.29, 1.82) is 0 Å². The quantitative estimate of drug-likeness (QED) is 0.377. The lowest BCUT2D eigenvalue weighted by atomic mass is 10.1. The Balaban J connectivity index is 1.27. The van der Waals surface area contributed by atoms with Gasteiger partial charge in [-0.3, -0.25) is 4.90 Å². The van der Waals surface area contributed by atoms with Crippen LogP contribution in [0, 0.1) is 0 Å². The van der Waals surface area contributed by atoms with Crippen molar-refractivity contribution >= 4 is 51.0 Å². The van der Waals surface area contributed by atoms with Crippen LogP contribution >= 0.6 is 22.9 Å². The molecule has 1 N–H and O–H groups in total. The van der Waals surface area contributed by atoms with Gasteiger partial charge in [0.1, 0.15) is 11.6 Å². The highest BCUT2D eigenvalue weighted by molar-refractivity contribution is 7.16. The number of hydrogen-bond donors (Lipinski definition) is 1. The predicted octanol–water partition coefficient (Wildman–Crippen LogP) is 4.94. The third-order valence-corrected chi connectivity index (χ3v) is 7.76. The zero-order valence-electron chi connectivity index (χ0n) is 18.5. The topological polar surface area (TPSA) is 76.2 Å². The highest BCUT2D eigenvalue weighted by Gasteiger charge is 2.23. The van der Waals surface area contributed by atoms with E-state index in [4.69, 9.17) is 21.6 Å². The molecule has 0 aliphatic carbocycles. The van der Waals surface area contributed by atoms with Gasteiger partial charge in [0.15, 0.2) is 0 Å². The Bertz CT molecular complexity index is 1570. The second-order valence-corrected chi connectivity index (χ2v) is 10.5. The summed E-state index contributed by atoms with van der Waals surface area (Å²) in [5, 5.41) is 9.31. The van der Waals surface area contributed by atoms with E-state index in [1.54, 1.807) is 29.5 Å². The van der Waals surface area contributed by atoms with Crippen LogP contribution < -0.4 is 0 Å². The molecule has 0 atom stereocenters. The molecule has 0 fully saturated rings. The van der Waals surface area contributed by atoms with E-state index < -0.39 is 5.97 Å². The second-order valence-electron chi connectivity index (χ2n) is 8.65. The molecule has 0 unspecified atom stereocenters. The largest absolute Gasteiger partial charge is 0.478 e. The van der Waals surface area contributed by atoms with Crippen LogP contribution in [0.5, 0.6) is 0 Å². The van der Waals surface area contributed by atoms with Crippen molar-refractivity contribution in [3.63, 3.8) is 0 Å². The van der Waals surface area contributed by atoms with E-state index in [-0.39, 0.29) is 5.56 Å². The molecule has 2 aromatic carbocycles. The summed E-state index contributed by atoms with van der Waals surface area (Å²) in [6.07, 6.45) is 0.826. The zero-order chi connectivity index (χ0) is 23.4. The SMILES string of the molecule is Cn1c(CN2CCn3c(nc4c(Cc5ccc(Cl)s5)cccc43)C2)nc2ccc(C(=O)O)cc21. The predicted molar refractivity (Wildman–Crippen MR) is 134 cm³/mol. The average Bonchev–Trinajstić information content (AvgIpc) is 3.49. The number of thiophene rings is 1. The molecular weight excluding hydrogens is 470 g/mol. The van der Waals surface area contributed by atoms with Gasteiger partial charge < -0.3 is 14.2 Å². The highest BCUT2D eigenvalue weighted by Crippen LogP contribution is 2.29. The monoisotopic (exact) mass is 491 g/mol. The van der Waals surface area contributed by atoms with Crippen LogP contribution in [-0.4, -0.2) is 41.6 Å². The summed E-state index contributed by atoms with van der Waals surface area (Å²) in [5.74, 6) is 1.04. The van der Waals surface area contributed by atoms with Crippen molar-refractivity contribution in [2.24, 2.45) is 7.05 Å². The van der Waals surface area contributed by atoms with Gasteiger partial charge in [-0.05, 0) is 42.0 Å². The van der Waals surface area contributed by atoms with Gasteiger partial charge in [0, 0.05) is 31.4 Å². The van der Waals surface area contributed by atoms with E-state index in [1.165, 1.54) is 16.0 Å². The van der Waals surface area contributed by atoms with Crippen LogP contribution in [0.3, 0.4) is 0 Å². The van der Waals surface area contributed by atoms with Gasteiger partial charge in [-0.25, -0.2) is 14.8 Å². The van der Waals surface area contributed by atoms with Gasteiger partial charge in [0.2, 0.25) is 0 Å². The molecule has 0 radical (unpaired) electrons. The summed E-state index contributed by atoms with van der Waals surface area (Å²) >= 11 is 7.74. The molecular formula is C25H22ClN5O2S. The molecule has 34 heavy (non-hydrogen) atoms. The molecule has 172 valence electrons. The third kappa shape index (κ3) is 3.68. The first-order chi connectivity index (χ1) is 16.5. The minimum Gasteiger partial charge on any atom is -0.478 e. The van der Waals surface area contributed by atoms with Crippen LogP contribution in [0.15, 0.2) is 48.5 Å². The van der Waals surface area contributed by atoms with Crippen molar-refractivity contribution in [2.75, 3.05) is 6.54 Å². The fourth-order valence-electron chi connectivity index (χ4n) is 4.77. The minimum absolute atomic E-state index is 0.273. The van der Waals surface area contributed by atoms with E-state index in [0.29, 0.717) is 6.54 Å². The minimum atomic E-state index is -0.930. The van der Waals surface area contributed by atoms with Crippen LogP contribution in [0.1, 0.15) is 32.4 Å². The Morgan fingerprint density at radius 1 is 1.12 bits per heavy atom. The normalized spacial score (nSPS) is 14.2. The van der Waals surface area contributed by atoms with E-state index in [2.05, 4.69) is 33.7 Å². The molecule has 0 bridgehead atoms. The van der Waals surface area contributed by atoms with Gasteiger partial charge in [-0.1, -0.05) is 23.7 Å². The third-order valence-electron chi connectivity index (χ3n) is 6.53. The van der Waals surface area contributed by atoms with Crippen molar-refractivity contribution < 1.29 is 9.90 Å². The summed E-state index contributed by atoms with van der Waals surface area (Å²) in [7, 11) is 1.94. The Hall–Kier alpha value is -3.20. The lowest BCUT2D eigenvalue weighted by Crippen LogP contribution is -2.34. The first kappa shape index (κ1) is 21.3. The summed E-state index contributed by atoms with van der Waals surface area (Å²) in [5.41, 5.74) is 5.37. The number of imidazole rings is 2. The molecule has 5 aromatic rings. The molecule has 0 amide bonds. The van der Waals surface area contributed by atoms with Crippen molar-refractivity contribution in [2.45, 2.75) is 26.1 Å². The smallest absolute Gasteiger partial charge is 0.335 e. The number of carboxylic acids is 1. The molecule has 1 aliphatic heterocycles. The molecule has 0 spiro atoms. The first-order valence-electron chi connectivity index (χ1n) is 11.1. The number of aromatic carboxylic acids is 1. The fourth-order valence-corrected chi connectivity index (χ4v) is 5.88. The molecule has 6 rings (SSSR count). The molecule has 0 saturated heterocycles. The summed E-state index contributed by atoms with van der Waals surface area (Å²) < 4.78 is 5.12. The molecule has 4 heterocycles. The molecule has 3 aromatic heterocycles. The Kier molecular flexibility index (Phi) is 5.17. The van der Waals surface area contributed by atoms with Gasteiger partial charge >= 0.3 is 5.97 Å². The number of halogens is 1. The number of aryl methyl sites for hydroxylation is 1. The van der Waals surface area contributed by atoms with Crippen LogP contribution in [0.25, 0.3) is 22.1 Å². The number of carboxylic acid groups (broad SMARTS) is 1. The van der Waals surface area contributed by atoms with Gasteiger partial charge in [-0.15, -0.1) is 11.3 Å². The van der Waals surface area contributed by atoms with E-state index in [1.807, 2.05) is 17.7 Å². The second kappa shape index (κ2) is 8.23. The first-order valence-corrected chi connectivity index (χ1v) is 12.3. The summed E-state index contributed by atoms with van der Waals surface area (Å²) in [6.45, 7) is 3.18.